The number of nitrogen functional groups attached to an aromatic ring is 2. The molecule has 25 heavy (non-hydrogen) atoms. The van der Waals surface area contributed by atoms with Gasteiger partial charge in [0, 0.05) is 5.56 Å². The van der Waals surface area contributed by atoms with Crippen LogP contribution in [0.1, 0.15) is 28.3 Å². The average Bonchev–Trinajstić information content (AvgIpc) is 2.54. The van der Waals surface area contributed by atoms with Gasteiger partial charge in [-0.1, -0.05) is 6.07 Å². The Hall–Kier alpha value is -3.85. The van der Waals surface area contributed by atoms with Crippen molar-refractivity contribution in [3.8, 4) is 12.3 Å². The first-order chi connectivity index (χ1) is 12.0. The van der Waals surface area contributed by atoms with Gasteiger partial charge < -0.3 is 16.8 Å². The maximum absolute atomic E-state index is 13.5. The number of pyridine rings is 1. The molecule has 6 N–H and O–H groups in total. The fraction of sp³-hybridized carbons (Fsp3) is 0.125. The molecule has 0 aliphatic carbocycles. The summed E-state index contributed by atoms with van der Waals surface area (Å²) >= 11 is 0. The number of guanidine groups is 1. The third-order valence-electron chi connectivity index (χ3n) is 3.88. The predicted molar refractivity (Wildman–Crippen MR) is 90.6 cm³/mol. The van der Waals surface area contributed by atoms with Crippen LogP contribution in [0.4, 0.5) is 21.7 Å². The predicted octanol–water partition coefficient (Wildman–Crippen LogP) is 1.51. The van der Waals surface area contributed by atoms with E-state index in [0.29, 0.717) is 16.7 Å². The molecule has 0 amide bonds. The van der Waals surface area contributed by atoms with E-state index in [2.05, 4.69) is 20.6 Å². The minimum absolute atomic E-state index is 0.0287. The number of rotatable bonds is 1. The third-order valence-corrected chi connectivity index (χ3v) is 3.88. The van der Waals surface area contributed by atoms with Crippen molar-refractivity contribution in [1.29, 1.82) is 10.5 Å². The van der Waals surface area contributed by atoms with Gasteiger partial charge >= 0.3 is 0 Å². The van der Waals surface area contributed by atoms with Gasteiger partial charge in [-0.05, 0) is 30.2 Å². The third kappa shape index (κ3) is 2.64. The zero-order valence-corrected chi connectivity index (χ0v) is 13.1. The van der Waals surface area contributed by atoms with Crippen LogP contribution in [0.3, 0.4) is 0 Å². The second-order valence-corrected chi connectivity index (χ2v) is 5.40. The molecule has 0 radical (unpaired) electrons. The van der Waals surface area contributed by atoms with Crippen LogP contribution in [0.25, 0.3) is 0 Å². The van der Waals surface area contributed by atoms with Gasteiger partial charge in [0.25, 0.3) is 0 Å². The van der Waals surface area contributed by atoms with Crippen LogP contribution in [-0.4, -0.2) is 10.9 Å². The van der Waals surface area contributed by atoms with Crippen molar-refractivity contribution in [3.63, 3.8) is 0 Å². The number of aryl methyl sites for hydroxylation is 1. The summed E-state index contributed by atoms with van der Waals surface area (Å²) in [7, 11) is 0. The molecule has 8 nitrogen and oxygen atoms in total. The Bertz CT molecular complexity index is 983. The molecule has 124 valence electrons. The van der Waals surface area contributed by atoms with E-state index >= 15 is 0 Å². The van der Waals surface area contributed by atoms with Gasteiger partial charge in [-0.25, -0.2) is 14.4 Å². The van der Waals surface area contributed by atoms with Crippen LogP contribution >= 0.6 is 0 Å². The normalized spacial score (nSPS) is 15.2. The average molecular weight is 336 g/mol. The summed E-state index contributed by atoms with van der Waals surface area (Å²) in [6.07, 6.45) is 1.77. The van der Waals surface area contributed by atoms with Gasteiger partial charge in [-0.2, -0.15) is 10.5 Å². The zero-order chi connectivity index (χ0) is 18.1. The number of fused-ring (bicyclic) bond motifs is 1. The second-order valence-electron chi connectivity index (χ2n) is 5.40. The van der Waals surface area contributed by atoms with Gasteiger partial charge in [0.15, 0.2) is 6.19 Å². The van der Waals surface area contributed by atoms with E-state index in [4.69, 9.17) is 16.7 Å². The van der Waals surface area contributed by atoms with Crippen molar-refractivity contribution in [3.05, 3.63) is 46.3 Å². The molecule has 2 aromatic rings. The fourth-order valence-corrected chi connectivity index (χ4v) is 2.75. The van der Waals surface area contributed by atoms with Gasteiger partial charge in [-0.15, -0.1) is 0 Å². The Morgan fingerprint density at radius 2 is 2.08 bits per heavy atom. The largest absolute Gasteiger partial charge is 0.397 e. The number of aliphatic imine (C=N–C) groups is 1. The van der Waals surface area contributed by atoms with E-state index in [1.807, 2.05) is 6.07 Å². The molecule has 0 fully saturated rings. The van der Waals surface area contributed by atoms with Crippen molar-refractivity contribution in [2.24, 2.45) is 4.99 Å². The molecule has 0 bridgehead atoms. The number of benzene rings is 1. The molecule has 1 aromatic heterocycles. The first-order valence-electron chi connectivity index (χ1n) is 7.21. The van der Waals surface area contributed by atoms with Crippen LogP contribution in [0.5, 0.6) is 0 Å². The lowest BCUT2D eigenvalue weighted by atomic mass is 9.92. The first-order valence-corrected chi connectivity index (χ1v) is 7.21. The Morgan fingerprint density at radius 1 is 1.32 bits per heavy atom. The summed E-state index contributed by atoms with van der Waals surface area (Å²) in [5.74, 6) is 0.0325. The van der Waals surface area contributed by atoms with Gasteiger partial charge in [-0.3, -0.25) is 5.32 Å². The van der Waals surface area contributed by atoms with Crippen molar-refractivity contribution in [2.75, 3.05) is 16.8 Å². The number of nitrogens with zero attached hydrogens (tertiary/aromatic N) is 4. The number of hydrogen-bond acceptors (Lipinski definition) is 8. The SMILES string of the molecule is Cc1cc(F)ccc1C1N=C(NC#N)Nc2nc(N)c(C#N)c(N)c21. The maximum atomic E-state index is 13.5. The van der Waals surface area contributed by atoms with Crippen molar-refractivity contribution in [1.82, 2.24) is 10.3 Å². The standard InChI is InChI=1S/C16H13FN8/c1-7-4-8(17)2-3-9(7)13-11-12(20)10(5-18)14(21)24-15(11)25-16(23-13)22-6-19/h2-4,13H,1H3,(H6,20,21,22,23,24,25). The van der Waals surface area contributed by atoms with Gasteiger partial charge in [0.2, 0.25) is 5.96 Å². The lowest BCUT2D eigenvalue weighted by Crippen LogP contribution is -2.33. The number of nitrogens with two attached hydrogens (primary N) is 2. The van der Waals surface area contributed by atoms with E-state index in [1.54, 1.807) is 19.2 Å². The molecule has 9 heteroatoms. The molecule has 2 heterocycles. The molecule has 1 aliphatic rings. The van der Waals surface area contributed by atoms with Crippen LogP contribution in [0.15, 0.2) is 23.2 Å². The molecular weight excluding hydrogens is 323 g/mol. The highest BCUT2D eigenvalue weighted by molar-refractivity contribution is 5.98. The molecule has 0 saturated heterocycles. The molecule has 3 rings (SSSR count). The lowest BCUT2D eigenvalue weighted by molar-refractivity contribution is 0.624. The molecule has 0 spiro atoms. The smallest absolute Gasteiger partial charge is 0.211 e. The molecule has 1 unspecified atom stereocenters. The number of nitrogens with one attached hydrogen (secondary N) is 2. The minimum atomic E-state index is -0.673. The number of nitriles is 2. The number of hydrogen-bond donors (Lipinski definition) is 4. The first kappa shape index (κ1) is 16.0. The number of aromatic nitrogens is 1. The molecule has 1 atom stereocenters. The number of halogens is 1. The maximum Gasteiger partial charge on any atom is 0.211 e. The van der Waals surface area contributed by atoms with E-state index < -0.39 is 6.04 Å². The highest BCUT2D eigenvalue weighted by Gasteiger charge is 2.30. The highest BCUT2D eigenvalue weighted by atomic mass is 19.1. The van der Waals surface area contributed by atoms with Crippen molar-refractivity contribution < 1.29 is 4.39 Å². The molecule has 0 saturated carbocycles. The second kappa shape index (κ2) is 5.98. The summed E-state index contributed by atoms with van der Waals surface area (Å²) in [5.41, 5.74) is 13.9. The number of anilines is 3. The lowest BCUT2D eigenvalue weighted by Gasteiger charge is -2.27. The summed E-state index contributed by atoms with van der Waals surface area (Å²) in [6.45, 7) is 1.74. The molecule has 1 aromatic carbocycles. The molecular formula is C16H13FN8. The summed E-state index contributed by atoms with van der Waals surface area (Å²) in [5, 5.41) is 23.4. The van der Waals surface area contributed by atoms with Crippen LogP contribution in [-0.2, 0) is 0 Å². The van der Waals surface area contributed by atoms with Crippen LogP contribution < -0.4 is 22.1 Å². The topological polar surface area (TPSA) is 149 Å². The van der Waals surface area contributed by atoms with Gasteiger partial charge in [0.05, 0.1) is 5.69 Å². The Morgan fingerprint density at radius 3 is 2.72 bits per heavy atom. The van der Waals surface area contributed by atoms with E-state index in [9.17, 15) is 9.65 Å². The van der Waals surface area contributed by atoms with Crippen LogP contribution in [0, 0.1) is 35.5 Å². The van der Waals surface area contributed by atoms with Crippen LogP contribution in [0.2, 0.25) is 0 Å². The highest BCUT2D eigenvalue weighted by Crippen LogP contribution is 2.41. The van der Waals surface area contributed by atoms with E-state index in [1.165, 1.54) is 12.1 Å². The Kier molecular flexibility index (Phi) is 3.83. The summed E-state index contributed by atoms with van der Waals surface area (Å²) in [6, 6.07) is 5.52. The fourth-order valence-electron chi connectivity index (χ4n) is 2.75. The van der Waals surface area contributed by atoms with Gasteiger partial charge in [0.1, 0.15) is 35.1 Å². The minimum Gasteiger partial charge on any atom is -0.397 e. The monoisotopic (exact) mass is 336 g/mol. The van der Waals surface area contributed by atoms with E-state index in [0.717, 1.165) is 0 Å². The van der Waals surface area contributed by atoms with E-state index in [-0.39, 0.29) is 34.7 Å². The molecule has 1 aliphatic heterocycles. The zero-order valence-electron chi connectivity index (χ0n) is 13.1. The quantitative estimate of drug-likeness (QED) is 0.455. The Labute approximate surface area is 142 Å². The summed E-state index contributed by atoms with van der Waals surface area (Å²) < 4.78 is 13.5. The Balaban J connectivity index is 2.28. The summed E-state index contributed by atoms with van der Waals surface area (Å²) in [4.78, 5) is 8.58. The van der Waals surface area contributed by atoms with Crippen molar-refractivity contribution >= 4 is 23.3 Å². The van der Waals surface area contributed by atoms with Crippen molar-refractivity contribution in [2.45, 2.75) is 13.0 Å².